The molecule has 2 unspecified atom stereocenters. The van der Waals surface area contributed by atoms with E-state index in [0.29, 0.717) is 6.42 Å². The first kappa shape index (κ1) is 15.8. The van der Waals surface area contributed by atoms with Crippen LogP contribution in [-0.4, -0.2) is 31.8 Å². The van der Waals surface area contributed by atoms with Crippen molar-refractivity contribution < 1.29 is 14.3 Å². The summed E-state index contributed by atoms with van der Waals surface area (Å²) in [7, 11) is 3.26. The van der Waals surface area contributed by atoms with Crippen molar-refractivity contribution in [3.63, 3.8) is 0 Å². The van der Waals surface area contributed by atoms with E-state index < -0.39 is 5.54 Å². The largest absolute Gasteiger partial charge is 0.490 e. The molecular formula is C17H25NO3. The van der Waals surface area contributed by atoms with Gasteiger partial charge in [-0.05, 0) is 50.4 Å². The van der Waals surface area contributed by atoms with E-state index in [1.54, 1.807) is 0 Å². The van der Waals surface area contributed by atoms with Gasteiger partial charge in [-0.2, -0.15) is 0 Å². The quantitative estimate of drug-likeness (QED) is 0.847. The van der Waals surface area contributed by atoms with E-state index in [0.717, 1.165) is 31.4 Å². The Morgan fingerprint density at radius 3 is 2.95 bits per heavy atom. The molecule has 0 bridgehead atoms. The second-order valence-electron chi connectivity index (χ2n) is 5.66. The number of aryl methyl sites for hydroxylation is 1. The smallest absolute Gasteiger partial charge is 0.326 e. The van der Waals surface area contributed by atoms with Crippen molar-refractivity contribution in [2.45, 2.75) is 50.7 Å². The Kier molecular flexibility index (Phi) is 5.23. The Hall–Kier alpha value is -1.55. The van der Waals surface area contributed by atoms with E-state index >= 15 is 0 Å². The third-order valence-electron chi connectivity index (χ3n) is 4.37. The average molecular weight is 291 g/mol. The van der Waals surface area contributed by atoms with Crippen LogP contribution >= 0.6 is 0 Å². The number of esters is 1. The van der Waals surface area contributed by atoms with Crippen molar-refractivity contribution >= 4 is 5.97 Å². The van der Waals surface area contributed by atoms with Gasteiger partial charge in [0.05, 0.1) is 7.11 Å². The summed E-state index contributed by atoms with van der Waals surface area (Å²) >= 11 is 0. The van der Waals surface area contributed by atoms with Gasteiger partial charge in [0.1, 0.15) is 17.4 Å². The van der Waals surface area contributed by atoms with E-state index in [1.807, 2.05) is 19.2 Å². The van der Waals surface area contributed by atoms with Crippen LogP contribution in [0.3, 0.4) is 0 Å². The molecule has 1 aliphatic rings. The Morgan fingerprint density at radius 2 is 2.29 bits per heavy atom. The van der Waals surface area contributed by atoms with E-state index in [9.17, 15) is 4.79 Å². The highest BCUT2D eigenvalue weighted by atomic mass is 16.5. The van der Waals surface area contributed by atoms with Gasteiger partial charge in [0.2, 0.25) is 0 Å². The molecule has 116 valence electrons. The lowest BCUT2D eigenvalue weighted by atomic mass is 9.80. The molecule has 4 nitrogen and oxygen atoms in total. The molecule has 1 aromatic carbocycles. The van der Waals surface area contributed by atoms with Gasteiger partial charge in [-0.25, -0.2) is 0 Å². The number of ether oxygens (including phenoxy) is 2. The molecule has 0 spiro atoms. The number of hydrogen-bond acceptors (Lipinski definition) is 4. The molecule has 1 aliphatic carbocycles. The van der Waals surface area contributed by atoms with E-state index in [2.05, 4.69) is 24.4 Å². The molecule has 2 rings (SSSR count). The number of hydrogen-bond donors (Lipinski definition) is 1. The number of nitrogens with one attached hydrogen (secondary N) is 1. The predicted octanol–water partition coefficient (Wildman–Crippen LogP) is 2.70. The van der Waals surface area contributed by atoms with Crippen molar-refractivity contribution in [3.05, 3.63) is 29.8 Å². The van der Waals surface area contributed by atoms with Gasteiger partial charge < -0.3 is 14.8 Å². The molecule has 1 saturated carbocycles. The number of carbonyl (C=O) groups is 1. The highest BCUT2D eigenvalue weighted by Crippen LogP contribution is 2.32. The summed E-state index contributed by atoms with van der Waals surface area (Å²) in [6, 6.07) is 8.17. The minimum Gasteiger partial charge on any atom is -0.490 e. The summed E-state index contributed by atoms with van der Waals surface area (Å²) < 4.78 is 11.1. The van der Waals surface area contributed by atoms with Crippen LogP contribution in [0.5, 0.6) is 5.75 Å². The summed E-state index contributed by atoms with van der Waals surface area (Å²) in [6.45, 7) is 2.13. The summed E-state index contributed by atoms with van der Waals surface area (Å²) in [4.78, 5) is 12.1. The van der Waals surface area contributed by atoms with Gasteiger partial charge in [0.15, 0.2) is 0 Å². The first-order valence-electron chi connectivity index (χ1n) is 7.66. The van der Waals surface area contributed by atoms with Crippen LogP contribution in [0.25, 0.3) is 0 Å². The van der Waals surface area contributed by atoms with Crippen LogP contribution in [-0.2, 0) is 16.0 Å². The predicted molar refractivity (Wildman–Crippen MR) is 82.5 cm³/mol. The standard InChI is InChI=1S/C17H25NO3/c1-4-13-7-5-8-14(11-13)21-15-9-6-10-17(12-15,18-2)16(19)20-3/h5,7-8,11,15,18H,4,6,9-10,12H2,1-3H3. The summed E-state index contributed by atoms with van der Waals surface area (Å²) in [6.07, 6.45) is 4.39. The molecule has 0 heterocycles. The first-order chi connectivity index (χ1) is 10.1. The zero-order chi connectivity index (χ0) is 15.3. The average Bonchev–Trinajstić information content (AvgIpc) is 2.54. The number of carbonyl (C=O) groups excluding carboxylic acids is 1. The molecular weight excluding hydrogens is 266 g/mol. The van der Waals surface area contributed by atoms with Crippen molar-refractivity contribution in [2.24, 2.45) is 0 Å². The maximum atomic E-state index is 12.1. The van der Waals surface area contributed by atoms with Gasteiger partial charge in [-0.15, -0.1) is 0 Å². The third-order valence-corrected chi connectivity index (χ3v) is 4.37. The van der Waals surface area contributed by atoms with Gasteiger partial charge in [0.25, 0.3) is 0 Å². The number of methoxy groups -OCH3 is 1. The molecule has 1 aromatic rings. The normalized spacial score (nSPS) is 25.4. The lowest BCUT2D eigenvalue weighted by molar-refractivity contribution is -0.151. The van der Waals surface area contributed by atoms with Gasteiger partial charge in [-0.1, -0.05) is 19.1 Å². The second-order valence-corrected chi connectivity index (χ2v) is 5.66. The number of rotatable bonds is 5. The van der Waals surface area contributed by atoms with Crippen molar-refractivity contribution in [1.29, 1.82) is 0 Å². The Labute approximate surface area is 126 Å². The van der Waals surface area contributed by atoms with Crippen molar-refractivity contribution in [3.8, 4) is 5.75 Å². The van der Waals surface area contributed by atoms with E-state index in [-0.39, 0.29) is 12.1 Å². The molecule has 2 atom stereocenters. The highest BCUT2D eigenvalue weighted by molar-refractivity contribution is 5.81. The molecule has 0 amide bonds. The minimum absolute atomic E-state index is 0.0393. The topological polar surface area (TPSA) is 47.6 Å². The SMILES string of the molecule is CCc1cccc(OC2CCCC(NC)(C(=O)OC)C2)c1. The summed E-state index contributed by atoms with van der Waals surface area (Å²) in [5, 5.41) is 3.15. The monoisotopic (exact) mass is 291 g/mol. The third kappa shape index (κ3) is 3.56. The maximum Gasteiger partial charge on any atom is 0.326 e. The maximum absolute atomic E-state index is 12.1. The summed E-state index contributed by atoms with van der Waals surface area (Å²) in [5.74, 6) is 0.691. The highest BCUT2D eigenvalue weighted by Gasteiger charge is 2.43. The van der Waals surface area contributed by atoms with Crippen LogP contribution in [0.1, 0.15) is 38.2 Å². The van der Waals surface area contributed by atoms with Crippen LogP contribution in [0, 0.1) is 0 Å². The lowest BCUT2D eigenvalue weighted by Gasteiger charge is -2.38. The first-order valence-corrected chi connectivity index (χ1v) is 7.66. The molecule has 0 aromatic heterocycles. The molecule has 1 fully saturated rings. The molecule has 21 heavy (non-hydrogen) atoms. The zero-order valence-corrected chi connectivity index (χ0v) is 13.1. The van der Waals surface area contributed by atoms with Crippen LogP contribution in [0.2, 0.25) is 0 Å². The van der Waals surface area contributed by atoms with Crippen molar-refractivity contribution in [1.82, 2.24) is 5.32 Å². The Bertz CT molecular complexity index is 489. The fourth-order valence-corrected chi connectivity index (χ4v) is 3.07. The van der Waals surface area contributed by atoms with E-state index in [4.69, 9.17) is 9.47 Å². The molecule has 0 saturated heterocycles. The minimum atomic E-state index is -0.611. The molecule has 4 heteroatoms. The molecule has 0 aliphatic heterocycles. The van der Waals surface area contributed by atoms with Crippen LogP contribution < -0.4 is 10.1 Å². The lowest BCUT2D eigenvalue weighted by Crippen LogP contribution is -2.55. The van der Waals surface area contributed by atoms with Crippen LogP contribution in [0.4, 0.5) is 0 Å². The van der Waals surface area contributed by atoms with Gasteiger partial charge >= 0.3 is 5.97 Å². The van der Waals surface area contributed by atoms with Crippen molar-refractivity contribution in [2.75, 3.05) is 14.2 Å². The fourth-order valence-electron chi connectivity index (χ4n) is 3.07. The Balaban J connectivity index is 2.08. The molecule has 1 N–H and O–H groups in total. The zero-order valence-electron chi connectivity index (χ0n) is 13.1. The summed E-state index contributed by atoms with van der Waals surface area (Å²) in [5.41, 5.74) is 0.649. The van der Waals surface area contributed by atoms with Gasteiger partial charge in [-0.3, -0.25) is 4.79 Å². The molecule has 0 radical (unpaired) electrons. The Morgan fingerprint density at radius 1 is 1.48 bits per heavy atom. The fraction of sp³-hybridized carbons (Fsp3) is 0.588. The number of likely N-dealkylation sites (N-methyl/N-ethyl adjacent to an activating group) is 1. The van der Waals surface area contributed by atoms with E-state index in [1.165, 1.54) is 12.7 Å². The van der Waals surface area contributed by atoms with Gasteiger partial charge in [0, 0.05) is 6.42 Å². The van der Waals surface area contributed by atoms with Crippen LogP contribution in [0.15, 0.2) is 24.3 Å². The second kappa shape index (κ2) is 6.94. The number of benzene rings is 1.